The summed E-state index contributed by atoms with van der Waals surface area (Å²) >= 11 is 5.15. The molecule has 0 aliphatic heterocycles. The summed E-state index contributed by atoms with van der Waals surface area (Å²) in [6.07, 6.45) is 0.874. The van der Waals surface area contributed by atoms with Gasteiger partial charge in [-0.05, 0) is 40.4 Å². The Morgan fingerprint density at radius 2 is 2.14 bits per heavy atom. The van der Waals surface area contributed by atoms with Crippen LogP contribution < -0.4 is 0 Å². The molecule has 0 bridgehead atoms. The smallest absolute Gasteiger partial charge is 0.120 e. The van der Waals surface area contributed by atoms with Crippen LogP contribution in [0.25, 0.3) is 10.1 Å². The number of phenolic OH excluding ortho intramolecular Hbond substituents is 1. The Balaban J connectivity index is 2.70. The molecule has 3 heteroatoms. The van der Waals surface area contributed by atoms with Crippen molar-refractivity contribution in [1.82, 2.24) is 0 Å². The van der Waals surface area contributed by atoms with Crippen molar-refractivity contribution in [1.29, 1.82) is 0 Å². The number of aromatic hydroxyl groups is 1. The third-order valence-corrected chi connectivity index (χ3v) is 3.98. The highest BCUT2D eigenvalue weighted by Crippen LogP contribution is 2.33. The van der Waals surface area contributed by atoms with Crippen LogP contribution in [0.15, 0.2) is 17.5 Å². The van der Waals surface area contributed by atoms with E-state index in [0.717, 1.165) is 22.0 Å². The van der Waals surface area contributed by atoms with Gasteiger partial charge in [-0.3, -0.25) is 0 Å². The van der Waals surface area contributed by atoms with E-state index in [1.165, 1.54) is 10.9 Å². The van der Waals surface area contributed by atoms with Crippen LogP contribution in [0.2, 0.25) is 0 Å². The van der Waals surface area contributed by atoms with E-state index in [1.54, 1.807) is 11.3 Å². The number of alkyl halides is 1. The Morgan fingerprint density at radius 1 is 1.36 bits per heavy atom. The van der Waals surface area contributed by atoms with Crippen LogP contribution in [0, 0.1) is 0 Å². The molecular formula is C11H11BrOS. The van der Waals surface area contributed by atoms with Gasteiger partial charge < -0.3 is 5.11 Å². The quantitative estimate of drug-likeness (QED) is 0.816. The second-order valence-electron chi connectivity index (χ2n) is 3.23. The van der Waals surface area contributed by atoms with Crippen molar-refractivity contribution in [2.24, 2.45) is 0 Å². The second kappa shape index (κ2) is 3.91. The van der Waals surface area contributed by atoms with Gasteiger partial charge in [0, 0.05) is 10.0 Å². The van der Waals surface area contributed by atoms with E-state index in [1.807, 2.05) is 6.07 Å². The standard InChI is InChI=1S/C11H11BrOS/c1-2-7-3-9-8(5-12)6-14-11(9)4-10(7)13/h3-4,6,13H,2,5H2,1H3. The highest BCUT2D eigenvalue weighted by Gasteiger charge is 2.07. The number of aryl methyl sites for hydroxylation is 1. The number of phenols is 1. The molecule has 0 fully saturated rings. The van der Waals surface area contributed by atoms with Crippen LogP contribution >= 0.6 is 27.3 Å². The van der Waals surface area contributed by atoms with Gasteiger partial charge in [0.05, 0.1) is 0 Å². The molecular weight excluding hydrogens is 260 g/mol. The van der Waals surface area contributed by atoms with Crippen LogP contribution in [-0.2, 0) is 11.8 Å². The van der Waals surface area contributed by atoms with Crippen LogP contribution in [0.4, 0.5) is 0 Å². The zero-order chi connectivity index (χ0) is 10.1. The second-order valence-corrected chi connectivity index (χ2v) is 4.70. The lowest BCUT2D eigenvalue weighted by molar-refractivity contribution is 0.470. The van der Waals surface area contributed by atoms with Crippen molar-refractivity contribution in [3.63, 3.8) is 0 Å². The molecule has 0 saturated carbocycles. The molecule has 1 aromatic carbocycles. The number of thiophene rings is 1. The largest absolute Gasteiger partial charge is 0.508 e. The van der Waals surface area contributed by atoms with Crippen molar-refractivity contribution in [2.75, 3.05) is 0 Å². The number of hydrogen-bond donors (Lipinski definition) is 1. The summed E-state index contributed by atoms with van der Waals surface area (Å²) in [5.74, 6) is 0.419. The fourth-order valence-electron chi connectivity index (χ4n) is 1.55. The Labute approximate surface area is 95.5 Å². The van der Waals surface area contributed by atoms with E-state index < -0.39 is 0 Å². The molecule has 1 aromatic heterocycles. The van der Waals surface area contributed by atoms with Gasteiger partial charge in [0.2, 0.25) is 0 Å². The summed E-state index contributed by atoms with van der Waals surface area (Å²) < 4.78 is 1.16. The average molecular weight is 271 g/mol. The summed E-state index contributed by atoms with van der Waals surface area (Å²) in [4.78, 5) is 0. The van der Waals surface area contributed by atoms with E-state index >= 15 is 0 Å². The van der Waals surface area contributed by atoms with Gasteiger partial charge in [0.1, 0.15) is 5.75 Å². The molecule has 2 rings (SSSR count). The first-order valence-electron chi connectivity index (χ1n) is 4.54. The van der Waals surface area contributed by atoms with E-state index in [4.69, 9.17) is 0 Å². The summed E-state index contributed by atoms with van der Waals surface area (Å²) in [5, 5.41) is 14.0. The summed E-state index contributed by atoms with van der Waals surface area (Å²) in [5.41, 5.74) is 2.33. The van der Waals surface area contributed by atoms with Crippen molar-refractivity contribution in [3.05, 3.63) is 28.6 Å². The van der Waals surface area contributed by atoms with Crippen LogP contribution in [-0.4, -0.2) is 5.11 Å². The maximum Gasteiger partial charge on any atom is 0.120 e. The Hall–Kier alpha value is -0.540. The Kier molecular flexibility index (Phi) is 2.79. The van der Waals surface area contributed by atoms with Crippen molar-refractivity contribution < 1.29 is 5.11 Å². The lowest BCUT2D eigenvalue weighted by Gasteiger charge is -2.02. The van der Waals surface area contributed by atoms with E-state index in [0.29, 0.717) is 5.75 Å². The predicted octanol–water partition coefficient (Wildman–Crippen LogP) is 4.06. The van der Waals surface area contributed by atoms with E-state index in [2.05, 4.69) is 34.3 Å². The summed E-state index contributed by atoms with van der Waals surface area (Å²) in [6, 6.07) is 3.96. The lowest BCUT2D eigenvalue weighted by atomic mass is 10.1. The molecule has 14 heavy (non-hydrogen) atoms. The van der Waals surface area contributed by atoms with Crippen LogP contribution in [0.5, 0.6) is 5.75 Å². The molecule has 1 N–H and O–H groups in total. The fourth-order valence-corrected chi connectivity index (χ4v) is 3.20. The zero-order valence-corrected chi connectivity index (χ0v) is 10.3. The number of fused-ring (bicyclic) bond motifs is 1. The third-order valence-electron chi connectivity index (χ3n) is 2.38. The minimum Gasteiger partial charge on any atom is -0.508 e. The van der Waals surface area contributed by atoms with Gasteiger partial charge in [-0.1, -0.05) is 22.9 Å². The first-order valence-corrected chi connectivity index (χ1v) is 6.54. The van der Waals surface area contributed by atoms with E-state index in [-0.39, 0.29) is 0 Å². The fraction of sp³-hybridized carbons (Fsp3) is 0.273. The maximum absolute atomic E-state index is 9.69. The minimum absolute atomic E-state index is 0.419. The molecule has 0 saturated heterocycles. The highest BCUT2D eigenvalue weighted by molar-refractivity contribution is 9.08. The first kappa shape index (κ1) is 9.99. The molecule has 0 unspecified atom stereocenters. The van der Waals surface area contributed by atoms with Gasteiger partial charge in [-0.2, -0.15) is 0 Å². The maximum atomic E-state index is 9.69. The summed E-state index contributed by atoms with van der Waals surface area (Å²) in [7, 11) is 0. The highest BCUT2D eigenvalue weighted by atomic mass is 79.9. The normalized spacial score (nSPS) is 11.0. The van der Waals surface area contributed by atoms with Crippen molar-refractivity contribution in [3.8, 4) is 5.75 Å². The average Bonchev–Trinajstić information content (AvgIpc) is 2.58. The molecule has 2 aromatic rings. The molecule has 74 valence electrons. The van der Waals surface area contributed by atoms with Gasteiger partial charge in [0.25, 0.3) is 0 Å². The topological polar surface area (TPSA) is 20.2 Å². The first-order chi connectivity index (χ1) is 6.76. The lowest BCUT2D eigenvalue weighted by Crippen LogP contribution is -1.82. The van der Waals surface area contributed by atoms with Crippen LogP contribution in [0.3, 0.4) is 0 Å². The SMILES string of the molecule is CCc1cc2c(CBr)csc2cc1O. The Bertz CT molecular complexity index is 462. The number of hydrogen-bond acceptors (Lipinski definition) is 2. The molecule has 0 aliphatic carbocycles. The van der Waals surface area contributed by atoms with Gasteiger partial charge >= 0.3 is 0 Å². The molecule has 0 spiro atoms. The van der Waals surface area contributed by atoms with Crippen molar-refractivity contribution >= 4 is 37.4 Å². The number of rotatable bonds is 2. The minimum atomic E-state index is 0.419. The zero-order valence-electron chi connectivity index (χ0n) is 7.88. The van der Waals surface area contributed by atoms with E-state index in [9.17, 15) is 5.11 Å². The van der Waals surface area contributed by atoms with Gasteiger partial charge in [0.15, 0.2) is 0 Å². The third kappa shape index (κ3) is 1.55. The molecule has 0 amide bonds. The molecule has 1 nitrogen and oxygen atoms in total. The molecule has 0 radical (unpaired) electrons. The molecule has 1 heterocycles. The van der Waals surface area contributed by atoms with Crippen molar-refractivity contribution in [2.45, 2.75) is 18.7 Å². The number of benzene rings is 1. The van der Waals surface area contributed by atoms with Gasteiger partial charge in [-0.15, -0.1) is 11.3 Å². The predicted molar refractivity (Wildman–Crippen MR) is 65.5 cm³/mol. The molecule has 0 aliphatic rings. The summed E-state index contributed by atoms with van der Waals surface area (Å²) in [6.45, 7) is 2.06. The van der Waals surface area contributed by atoms with Gasteiger partial charge in [-0.25, -0.2) is 0 Å². The molecule has 0 atom stereocenters. The number of halogens is 1. The Morgan fingerprint density at radius 3 is 2.79 bits per heavy atom. The van der Waals surface area contributed by atoms with Crippen LogP contribution in [0.1, 0.15) is 18.1 Å². The monoisotopic (exact) mass is 270 g/mol.